The van der Waals surface area contributed by atoms with E-state index in [1.54, 1.807) is 7.11 Å². The second kappa shape index (κ2) is 6.66. The minimum Gasteiger partial charge on any atom is -0.497 e. The van der Waals surface area contributed by atoms with E-state index in [-0.39, 0.29) is 0 Å². The number of anilines is 2. The maximum absolute atomic E-state index is 6.01. The molecule has 0 saturated carbocycles. The standard InChI is InChI=1S/C18H13ClN4OS/c1-24-13-5-2-11(3-6-13)14-8-9-17(23-22-14)21-18-20-15-7-4-12(19)10-16(15)25-18/h2-10H,1H3,(H,20,21,23). The predicted molar refractivity (Wildman–Crippen MR) is 102 cm³/mol. The molecule has 0 aliphatic carbocycles. The summed E-state index contributed by atoms with van der Waals surface area (Å²) in [7, 11) is 1.64. The summed E-state index contributed by atoms with van der Waals surface area (Å²) in [6.45, 7) is 0. The first-order chi connectivity index (χ1) is 12.2. The van der Waals surface area contributed by atoms with Crippen molar-refractivity contribution in [2.24, 2.45) is 0 Å². The van der Waals surface area contributed by atoms with Gasteiger partial charge in [-0.1, -0.05) is 22.9 Å². The molecule has 0 aliphatic rings. The number of ether oxygens (including phenoxy) is 1. The van der Waals surface area contributed by atoms with Gasteiger partial charge in [0, 0.05) is 10.6 Å². The number of nitrogens with one attached hydrogen (secondary N) is 1. The van der Waals surface area contributed by atoms with E-state index in [4.69, 9.17) is 16.3 Å². The topological polar surface area (TPSA) is 59.9 Å². The van der Waals surface area contributed by atoms with E-state index >= 15 is 0 Å². The fraction of sp³-hybridized carbons (Fsp3) is 0.0556. The average molecular weight is 369 g/mol. The molecule has 0 spiro atoms. The van der Waals surface area contributed by atoms with Gasteiger partial charge < -0.3 is 10.1 Å². The van der Waals surface area contributed by atoms with Crippen molar-refractivity contribution in [3.63, 3.8) is 0 Å². The number of fused-ring (bicyclic) bond motifs is 1. The molecule has 0 aliphatic heterocycles. The van der Waals surface area contributed by atoms with E-state index in [0.29, 0.717) is 10.8 Å². The number of nitrogens with zero attached hydrogens (tertiary/aromatic N) is 3. The zero-order valence-electron chi connectivity index (χ0n) is 13.2. The summed E-state index contributed by atoms with van der Waals surface area (Å²) in [4.78, 5) is 4.52. The summed E-state index contributed by atoms with van der Waals surface area (Å²) in [5.41, 5.74) is 2.68. The Kier molecular flexibility index (Phi) is 4.21. The van der Waals surface area contributed by atoms with Crippen molar-refractivity contribution in [3.8, 4) is 17.0 Å². The molecule has 4 rings (SSSR count). The third kappa shape index (κ3) is 3.40. The lowest BCUT2D eigenvalue weighted by Gasteiger charge is -2.04. The Bertz CT molecular complexity index is 1020. The Balaban J connectivity index is 1.54. The summed E-state index contributed by atoms with van der Waals surface area (Å²) in [6.07, 6.45) is 0. The van der Waals surface area contributed by atoms with Crippen molar-refractivity contribution in [2.45, 2.75) is 0 Å². The molecule has 7 heteroatoms. The second-order valence-corrected chi connectivity index (χ2v) is 6.76. The van der Waals surface area contributed by atoms with Crippen molar-refractivity contribution in [1.29, 1.82) is 0 Å². The molecule has 5 nitrogen and oxygen atoms in total. The van der Waals surface area contributed by atoms with Crippen LogP contribution in [0.15, 0.2) is 54.6 Å². The SMILES string of the molecule is COc1ccc(-c2ccc(Nc3nc4ccc(Cl)cc4s3)nn2)cc1. The minimum atomic E-state index is 0.641. The molecule has 0 saturated heterocycles. The fourth-order valence-corrected chi connectivity index (χ4v) is 3.52. The first-order valence-corrected chi connectivity index (χ1v) is 8.72. The van der Waals surface area contributed by atoms with Gasteiger partial charge in [-0.3, -0.25) is 0 Å². The average Bonchev–Trinajstić information content (AvgIpc) is 3.04. The molecule has 0 bridgehead atoms. The number of methoxy groups -OCH3 is 1. The second-order valence-electron chi connectivity index (χ2n) is 5.29. The Hall–Kier alpha value is -2.70. The highest BCUT2D eigenvalue weighted by Gasteiger charge is 2.07. The molecule has 0 radical (unpaired) electrons. The van der Waals surface area contributed by atoms with Gasteiger partial charge in [0.1, 0.15) is 5.75 Å². The highest BCUT2D eigenvalue weighted by atomic mass is 35.5. The predicted octanol–water partition coefficient (Wildman–Crippen LogP) is 5.16. The minimum absolute atomic E-state index is 0.641. The molecule has 1 N–H and O–H groups in total. The van der Waals surface area contributed by atoms with Crippen molar-refractivity contribution in [2.75, 3.05) is 12.4 Å². The summed E-state index contributed by atoms with van der Waals surface area (Å²) >= 11 is 7.53. The van der Waals surface area contributed by atoms with Gasteiger partial charge >= 0.3 is 0 Å². The van der Waals surface area contributed by atoms with Crippen LogP contribution in [0.4, 0.5) is 10.9 Å². The van der Waals surface area contributed by atoms with E-state index in [1.807, 2.05) is 54.6 Å². The fourth-order valence-electron chi connectivity index (χ4n) is 2.38. The van der Waals surface area contributed by atoms with E-state index in [2.05, 4.69) is 20.5 Å². The van der Waals surface area contributed by atoms with Gasteiger partial charge in [-0.15, -0.1) is 10.2 Å². The number of hydrogen-bond acceptors (Lipinski definition) is 6. The molecule has 124 valence electrons. The van der Waals surface area contributed by atoms with Crippen molar-refractivity contribution in [1.82, 2.24) is 15.2 Å². The van der Waals surface area contributed by atoms with E-state index in [0.717, 1.165) is 32.4 Å². The largest absolute Gasteiger partial charge is 0.497 e. The number of halogens is 1. The van der Waals surface area contributed by atoms with Gasteiger partial charge in [0.2, 0.25) is 0 Å². The number of aromatic nitrogens is 3. The first-order valence-electron chi connectivity index (χ1n) is 7.52. The zero-order chi connectivity index (χ0) is 17.2. The molecular formula is C18H13ClN4OS. The maximum Gasteiger partial charge on any atom is 0.189 e. The molecule has 25 heavy (non-hydrogen) atoms. The summed E-state index contributed by atoms with van der Waals surface area (Å²) in [5, 5.41) is 13.1. The summed E-state index contributed by atoms with van der Waals surface area (Å²) in [5.74, 6) is 1.45. The van der Waals surface area contributed by atoms with Crippen molar-refractivity contribution in [3.05, 3.63) is 59.6 Å². The van der Waals surface area contributed by atoms with Crippen LogP contribution in [0.1, 0.15) is 0 Å². The van der Waals surface area contributed by atoms with Crippen LogP contribution in [0, 0.1) is 0 Å². The Labute approximate surface area is 153 Å². The quantitative estimate of drug-likeness (QED) is 0.539. The monoisotopic (exact) mass is 368 g/mol. The van der Waals surface area contributed by atoms with Gasteiger partial charge in [0.15, 0.2) is 10.9 Å². The normalized spacial score (nSPS) is 10.8. The number of thiazole rings is 1. The molecular weight excluding hydrogens is 356 g/mol. The van der Waals surface area contributed by atoms with Crippen LogP contribution in [0.25, 0.3) is 21.5 Å². The van der Waals surface area contributed by atoms with E-state index < -0.39 is 0 Å². The summed E-state index contributed by atoms with van der Waals surface area (Å²) in [6, 6.07) is 17.1. The zero-order valence-corrected chi connectivity index (χ0v) is 14.8. The number of benzene rings is 2. The van der Waals surface area contributed by atoms with Gasteiger partial charge in [-0.25, -0.2) is 4.98 Å². The Morgan fingerprint density at radius 1 is 1.00 bits per heavy atom. The van der Waals surface area contributed by atoms with Crippen LogP contribution in [-0.4, -0.2) is 22.3 Å². The number of hydrogen-bond donors (Lipinski definition) is 1. The van der Waals surface area contributed by atoms with Gasteiger partial charge in [-0.05, 0) is 54.6 Å². The van der Waals surface area contributed by atoms with Gasteiger partial charge in [-0.2, -0.15) is 0 Å². The number of rotatable bonds is 4. The lowest BCUT2D eigenvalue weighted by atomic mass is 10.1. The lowest BCUT2D eigenvalue weighted by molar-refractivity contribution is 0.415. The van der Waals surface area contributed by atoms with Crippen molar-refractivity contribution >= 4 is 44.1 Å². The highest BCUT2D eigenvalue weighted by Crippen LogP contribution is 2.30. The molecule has 2 heterocycles. The molecule has 0 atom stereocenters. The van der Waals surface area contributed by atoms with Crippen LogP contribution in [0.3, 0.4) is 0 Å². The smallest absolute Gasteiger partial charge is 0.189 e. The first kappa shape index (κ1) is 15.8. The third-order valence-corrected chi connectivity index (χ3v) is 4.80. The van der Waals surface area contributed by atoms with Crippen molar-refractivity contribution < 1.29 is 4.74 Å². The van der Waals surface area contributed by atoms with Crippen LogP contribution in [0.5, 0.6) is 5.75 Å². The van der Waals surface area contributed by atoms with E-state index in [1.165, 1.54) is 11.3 Å². The molecule has 2 aromatic carbocycles. The Morgan fingerprint density at radius 3 is 2.56 bits per heavy atom. The molecule has 0 amide bonds. The lowest BCUT2D eigenvalue weighted by Crippen LogP contribution is -1.96. The van der Waals surface area contributed by atoms with Crippen LogP contribution >= 0.6 is 22.9 Å². The molecule has 0 fully saturated rings. The van der Waals surface area contributed by atoms with Crippen LogP contribution in [0.2, 0.25) is 5.02 Å². The molecule has 0 unspecified atom stereocenters. The van der Waals surface area contributed by atoms with Crippen LogP contribution < -0.4 is 10.1 Å². The molecule has 4 aromatic rings. The highest BCUT2D eigenvalue weighted by molar-refractivity contribution is 7.22. The maximum atomic E-state index is 6.01. The third-order valence-electron chi connectivity index (χ3n) is 3.64. The Morgan fingerprint density at radius 2 is 1.84 bits per heavy atom. The van der Waals surface area contributed by atoms with Gasteiger partial charge in [0.25, 0.3) is 0 Å². The summed E-state index contributed by atoms with van der Waals surface area (Å²) < 4.78 is 6.19. The van der Waals surface area contributed by atoms with Crippen LogP contribution in [-0.2, 0) is 0 Å². The molecule has 2 aromatic heterocycles. The van der Waals surface area contributed by atoms with E-state index in [9.17, 15) is 0 Å². The van der Waals surface area contributed by atoms with Gasteiger partial charge in [0.05, 0.1) is 23.0 Å².